The van der Waals surface area contributed by atoms with Crippen molar-refractivity contribution in [2.45, 2.75) is 44.9 Å². The van der Waals surface area contributed by atoms with E-state index in [1.165, 1.54) is 42.1 Å². The van der Waals surface area contributed by atoms with Crippen molar-refractivity contribution in [2.24, 2.45) is 11.8 Å². The normalized spacial score (nSPS) is 17.1. The first-order valence-electron chi connectivity index (χ1n) is 15.1. The molecule has 39 heavy (non-hydrogen) atoms. The Bertz CT molecular complexity index is 1150. The van der Waals surface area contributed by atoms with Gasteiger partial charge in [0.1, 0.15) is 0 Å². The van der Waals surface area contributed by atoms with Crippen LogP contribution in [-0.4, -0.2) is 68.1 Å². The summed E-state index contributed by atoms with van der Waals surface area (Å²) in [6.07, 6.45) is 11.5. The first-order valence-corrected chi connectivity index (χ1v) is 15.1. The van der Waals surface area contributed by atoms with Crippen molar-refractivity contribution < 1.29 is 4.79 Å². The molecule has 0 saturated carbocycles. The average Bonchev–Trinajstić information content (AvgIpc) is 3.00. The van der Waals surface area contributed by atoms with E-state index >= 15 is 0 Å². The fraction of sp³-hybridized carbons (Fsp3) is 0.515. The van der Waals surface area contributed by atoms with E-state index in [-0.39, 0.29) is 5.91 Å². The van der Waals surface area contributed by atoms with Crippen LogP contribution in [0.25, 0.3) is 10.8 Å². The number of piperidine rings is 2. The third kappa shape index (κ3) is 8.02. The fourth-order valence-corrected chi connectivity index (χ4v) is 6.17. The molecule has 1 amide bonds. The Kier molecular flexibility index (Phi) is 10.2. The van der Waals surface area contributed by atoms with E-state index in [4.69, 9.17) is 0 Å². The van der Waals surface area contributed by atoms with Gasteiger partial charge in [-0.15, -0.1) is 0 Å². The molecule has 0 radical (unpaired) electrons. The molecule has 2 aliphatic heterocycles. The van der Waals surface area contributed by atoms with Crippen LogP contribution >= 0.6 is 0 Å². The minimum Gasteiger partial charge on any atom is -0.371 e. The van der Waals surface area contributed by atoms with Gasteiger partial charge in [-0.1, -0.05) is 42.5 Å². The van der Waals surface area contributed by atoms with Gasteiger partial charge in [-0.3, -0.25) is 9.78 Å². The van der Waals surface area contributed by atoms with Gasteiger partial charge in [-0.2, -0.15) is 0 Å². The quantitative estimate of drug-likeness (QED) is 0.329. The molecule has 5 rings (SSSR count). The maximum Gasteiger partial charge on any atom is 0.227 e. The summed E-state index contributed by atoms with van der Waals surface area (Å²) in [6, 6.07) is 18.9. The number of pyridine rings is 1. The van der Waals surface area contributed by atoms with Crippen molar-refractivity contribution in [2.75, 3.05) is 57.3 Å². The van der Waals surface area contributed by atoms with E-state index in [0.29, 0.717) is 12.3 Å². The van der Waals surface area contributed by atoms with Crippen molar-refractivity contribution in [3.63, 3.8) is 0 Å². The summed E-state index contributed by atoms with van der Waals surface area (Å²) in [5.74, 6) is 1.75. The van der Waals surface area contributed by atoms with Crippen LogP contribution in [0.3, 0.4) is 0 Å². The Balaban J connectivity index is 0.883. The van der Waals surface area contributed by atoms with Gasteiger partial charge in [0, 0.05) is 44.3 Å². The summed E-state index contributed by atoms with van der Waals surface area (Å²) in [4.78, 5) is 21.7. The second-order valence-corrected chi connectivity index (χ2v) is 11.4. The molecule has 3 heterocycles. The standard InChI is InChI=1S/C33H45N5O/c39-33(24-30-8-5-7-29-6-1-2-9-32(29)30)38-22-14-28(15-23-38)26-36-17-4-3-16-35-25-27-12-20-37(21-13-27)31-10-18-34-19-11-31/h1-2,5-11,18-19,27-28,35-36H,3-4,12-17,20-26H2. The Morgan fingerprint density at radius 3 is 2.08 bits per heavy atom. The Morgan fingerprint density at radius 2 is 1.38 bits per heavy atom. The van der Waals surface area contributed by atoms with E-state index in [2.05, 4.69) is 80.0 Å². The van der Waals surface area contributed by atoms with Gasteiger partial charge in [0.15, 0.2) is 0 Å². The summed E-state index contributed by atoms with van der Waals surface area (Å²) < 4.78 is 0. The van der Waals surface area contributed by atoms with Crippen LogP contribution < -0.4 is 15.5 Å². The molecule has 2 aliphatic rings. The van der Waals surface area contributed by atoms with Gasteiger partial charge in [-0.05, 0) is 105 Å². The molecule has 0 bridgehead atoms. The van der Waals surface area contributed by atoms with Gasteiger partial charge in [0.05, 0.1) is 6.42 Å². The lowest BCUT2D eigenvalue weighted by atomic mass is 9.95. The molecule has 2 aromatic carbocycles. The zero-order chi connectivity index (χ0) is 26.7. The highest BCUT2D eigenvalue weighted by atomic mass is 16.2. The third-order valence-electron chi connectivity index (χ3n) is 8.65. The van der Waals surface area contributed by atoms with Crippen LogP contribution in [0.15, 0.2) is 67.0 Å². The molecule has 2 saturated heterocycles. The molecule has 6 heteroatoms. The summed E-state index contributed by atoms with van der Waals surface area (Å²) in [5.41, 5.74) is 2.45. The highest BCUT2D eigenvalue weighted by molar-refractivity contribution is 5.90. The Hall–Kier alpha value is -2.96. The SMILES string of the molecule is O=C(Cc1cccc2ccccc12)N1CCC(CNCCCCNCC2CCN(c3ccncc3)CC2)CC1. The van der Waals surface area contributed by atoms with Crippen LogP contribution in [0.5, 0.6) is 0 Å². The average molecular weight is 528 g/mol. The number of benzene rings is 2. The summed E-state index contributed by atoms with van der Waals surface area (Å²) in [7, 11) is 0. The van der Waals surface area contributed by atoms with Gasteiger partial charge >= 0.3 is 0 Å². The summed E-state index contributed by atoms with van der Waals surface area (Å²) in [6.45, 7) is 8.51. The number of hydrogen-bond acceptors (Lipinski definition) is 5. The Labute approximate surface area is 234 Å². The lowest BCUT2D eigenvalue weighted by Crippen LogP contribution is -2.41. The third-order valence-corrected chi connectivity index (χ3v) is 8.65. The van der Waals surface area contributed by atoms with E-state index in [0.717, 1.165) is 76.7 Å². The van der Waals surface area contributed by atoms with E-state index < -0.39 is 0 Å². The van der Waals surface area contributed by atoms with Crippen LogP contribution in [0.2, 0.25) is 0 Å². The lowest BCUT2D eigenvalue weighted by molar-refractivity contribution is -0.131. The largest absolute Gasteiger partial charge is 0.371 e. The van der Waals surface area contributed by atoms with Gasteiger partial charge in [-0.25, -0.2) is 0 Å². The first-order chi connectivity index (χ1) is 19.3. The van der Waals surface area contributed by atoms with Crippen molar-refractivity contribution >= 4 is 22.4 Å². The highest BCUT2D eigenvalue weighted by Gasteiger charge is 2.23. The number of rotatable bonds is 12. The molecule has 2 fully saturated rings. The van der Waals surface area contributed by atoms with Gasteiger partial charge < -0.3 is 20.4 Å². The summed E-state index contributed by atoms with van der Waals surface area (Å²) >= 11 is 0. The number of aromatic nitrogens is 1. The zero-order valence-corrected chi connectivity index (χ0v) is 23.4. The number of hydrogen-bond donors (Lipinski definition) is 2. The van der Waals surface area contributed by atoms with Crippen molar-refractivity contribution in [1.29, 1.82) is 0 Å². The molecule has 0 atom stereocenters. The van der Waals surface area contributed by atoms with Crippen molar-refractivity contribution in [1.82, 2.24) is 20.5 Å². The van der Waals surface area contributed by atoms with E-state index in [1.54, 1.807) is 0 Å². The minimum absolute atomic E-state index is 0.268. The fourth-order valence-electron chi connectivity index (χ4n) is 6.17. The molecular formula is C33H45N5O. The van der Waals surface area contributed by atoms with Crippen LogP contribution in [-0.2, 0) is 11.2 Å². The molecule has 0 spiro atoms. The maximum atomic E-state index is 13.0. The first kappa shape index (κ1) is 27.6. The number of carbonyl (C=O) groups excluding carboxylic acids is 1. The van der Waals surface area contributed by atoms with Crippen LogP contribution in [0.1, 0.15) is 44.1 Å². The maximum absolute atomic E-state index is 13.0. The van der Waals surface area contributed by atoms with E-state index in [1.807, 2.05) is 12.4 Å². The number of carbonyl (C=O) groups is 1. The molecule has 208 valence electrons. The predicted molar refractivity (Wildman–Crippen MR) is 161 cm³/mol. The van der Waals surface area contributed by atoms with Crippen LogP contribution in [0, 0.1) is 11.8 Å². The smallest absolute Gasteiger partial charge is 0.227 e. The van der Waals surface area contributed by atoms with Crippen molar-refractivity contribution in [3.05, 3.63) is 72.6 Å². The number of anilines is 1. The summed E-state index contributed by atoms with van der Waals surface area (Å²) in [5, 5.41) is 9.79. The molecule has 6 nitrogen and oxygen atoms in total. The van der Waals surface area contributed by atoms with Crippen molar-refractivity contribution in [3.8, 4) is 0 Å². The molecule has 0 unspecified atom stereocenters. The molecule has 2 N–H and O–H groups in total. The second kappa shape index (κ2) is 14.4. The molecular weight excluding hydrogens is 482 g/mol. The molecule has 3 aromatic rings. The number of likely N-dealkylation sites (tertiary alicyclic amines) is 1. The number of nitrogens with zero attached hydrogens (tertiary/aromatic N) is 3. The number of fused-ring (bicyclic) bond motifs is 1. The number of unbranched alkanes of at least 4 members (excludes halogenated alkanes) is 1. The highest BCUT2D eigenvalue weighted by Crippen LogP contribution is 2.23. The van der Waals surface area contributed by atoms with Gasteiger partial charge in [0.25, 0.3) is 0 Å². The molecule has 0 aliphatic carbocycles. The number of amides is 1. The monoisotopic (exact) mass is 527 g/mol. The number of nitrogens with one attached hydrogen (secondary N) is 2. The molecule has 1 aromatic heterocycles. The van der Waals surface area contributed by atoms with E-state index in [9.17, 15) is 4.79 Å². The Morgan fingerprint density at radius 1 is 0.769 bits per heavy atom. The second-order valence-electron chi connectivity index (χ2n) is 11.4. The topological polar surface area (TPSA) is 60.5 Å². The lowest BCUT2D eigenvalue weighted by Gasteiger charge is -2.33. The van der Waals surface area contributed by atoms with Gasteiger partial charge in [0.2, 0.25) is 5.91 Å². The minimum atomic E-state index is 0.268. The van der Waals surface area contributed by atoms with Crippen LogP contribution in [0.4, 0.5) is 5.69 Å². The zero-order valence-electron chi connectivity index (χ0n) is 23.4. The predicted octanol–water partition coefficient (Wildman–Crippen LogP) is 4.89.